The molecule has 0 amide bonds. The zero-order valence-corrected chi connectivity index (χ0v) is 18.0. The maximum atomic E-state index is 13.2. The molecule has 0 radical (unpaired) electrons. The molecule has 31 heavy (non-hydrogen) atoms. The Morgan fingerprint density at radius 3 is 2.74 bits per heavy atom. The van der Waals surface area contributed by atoms with Crippen molar-refractivity contribution in [2.45, 2.75) is 57.7 Å². The predicted octanol–water partition coefficient (Wildman–Crippen LogP) is 5.15. The van der Waals surface area contributed by atoms with Crippen LogP contribution in [0.15, 0.2) is 60.9 Å². The monoisotopic (exact) mass is 419 g/mol. The van der Waals surface area contributed by atoms with Gasteiger partial charge in [0.05, 0.1) is 16.7 Å². The molecule has 6 heteroatoms. The number of hydrogen-bond acceptors (Lipinski definition) is 4. The summed E-state index contributed by atoms with van der Waals surface area (Å²) >= 11 is 0. The Bertz CT molecular complexity index is 1130. The molecule has 3 N–H and O–H groups in total. The van der Waals surface area contributed by atoms with Crippen LogP contribution in [0.3, 0.4) is 0 Å². The number of halogens is 1. The van der Waals surface area contributed by atoms with Crippen molar-refractivity contribution in [3.05, 3.63) is 78.0 Å². The molecule has 0 spiro atoms. The number of hydrogen-bond donors (Lipinski definition) is 2. The lowest BCUT2D eigenvalue weighted by molar-refractivity contribution is 0.343. The van der Waals surface area contributed by atoms with Crippen LogP contribution in [-0.2, 0) is 6.54 Å². The quantitative estimate of drug-likeness (QED) is 0.480. The van der Waals surface area contributed by atoms with Crippen molar-refractivity contribution in [2.75, 3.05) is 0 Å². The molecule has 3 aromatic heterocycles. The van der Waals surface area contributed by atoms with Crippen molar-refractivity contribution in [3.63, 3.8) is 0 Å². The van der Waals surface area contributed by atoms with E-state index in [-0.39, 0.29) is 12.4 Å². The fraction of sp³-hybridized carbons (Fsp3) is 0.360. The van der Waals surface area contributed by atoms with Crippen LogP contribution >= 0.6 is 0 Å². The van der Waals surface area contributed by atoms with Crippen LogP contribution in [-0.4, -0.2) is 20.6 Å². The van der Waals surface area contributed by atoms with E-state index in [9.17, 15) is 4.39 Å². The summed E-state index contributed by atoms with van der Waals surface area (Å²) in [4.78, 5) is 4.04. The molecule has 1 aromatic carbocycles. The first-order valence-electron chi connectivity index (χ1n) is 11.1. The summed E-state index contributed by atoms with van der Waals surface area (Å²) in [5.74, 6) is -0.284. The van der Waals surface area contributed by atoms with Crippen molar-refractivity contribution in [1.82, 2.24) is 19.9 Å². The van der Waals surface area contributed by atoms with Gasteiger partial charge in [-0.05, 0) is 50.1 Å². The minimum absolute atomic E-state index is 0.219. The van der Waals surface area contributed by atoms with Crippen LogP contribution in [0.1, 0.15) is 56.3 Å². The number of rotatable bonds is 4. The van der Waals surface area contributed by atoms with E-state index in [2.05, 4.69) is 46.6 Å². The third-order valence-corrected chi connectivity index (χ3v) is 5.98. The maximum Gasteiger partial charge on any atom is 0.129 e. The highest BCUT2D eigenvalue weighted by Crippen LogP contribution is 2.22. The Kier molecular flexibility index (Phi) is 6.89. The average Bonchev–Trinajstić information content (AvgIpc) is 3.29. The molecule has 1 aliphatic carbocycles. The highest BCUT2D eigenvalue weighted by atomic mass is 19.1. The summed E-state index contributed by atoms with van der Waals surface area (Å²) in [6.07, 6.45) is 10.3. The Morgan fingerprint density at radius 1 is 1.10 bits per heavy atom. The second-order valence-corrected chi connectivity index (χ2v) is 8.19. The summed E-state index contributed by atoms with van der Waals surface area (Å²) in [5, 5.41) is 9.09. The minimum atomic E-state index is -0.284. The van der Waals surface area contributed by atoms with Gasteiger partial charge in [-0.2, -0.15) is 5.10 Å². The second kappa shape index (κ2) is 9.98. The molecule has 1 fully saturated rings. The number of fused-ring (bicyclic) bond motifs is 2. The second-order valence-electron chi connectivity index (χ2n) is 8.19. The van der Waals surface area contributed by atoms with Crippen LogP contribution < -0.4 is 11.1 Å². The summed E-state index contributed by atoms with van der Waals surface area (Å²) in [6, 6.07) is 16.3. The normalized spacial score (nSPS) is 15.6. The van der Waals surface area contributed by atoms with Gasteiger partial charge in [-0.15, -0.1) is 0 Å². The van der Waals surface area contributed by atoms with E-state index in [1.165, 1.54) is 49.4 Å². The van der Waals surface area contributed by atoms with Crippen LogP contribution in [0, 0.1) is 5.82 Å². The van der Waals surface area contributed by atoms with E-state index in [0.717, 1.165) is 5.39 Å². The SMILES string of the molecule is CC(NC1CCCCC1)c1cccc2ccnn12.NCc1cc2cccnc2cc1F. The van der Waals surface area contributed by atoms with Crippen molar-refractivity contribution in [2.24, 2.45) is 5.73 Å². The third kappa shape index (κ3) is 5.09. The highest BCUT2D eigenvalue weighted by Gasteiger charge is 2.17. The number of nitrogens with two attached hydrogens (primary N) is 1. The minimum Gasteiger partial charge on any atom is -0.326 e. The van der Waals surface area contributed by atoms with Gasteiger partial charge >= 0.3 is 0 Å². The Hall–Kier alpha value is -2.83. The maximum absolute atomic E-state index is 13.2. The summed E-state index contributed by atoms with van der Waals surface area (Å²) < 4.78 is 15.2. The summed E-state index contributed by atoms with van der Waals surface area (Å²) in [6.45, 7) is 2.46. The van der Waals surface area contributed by atoms with Crippen molar-refractivity contribution in [3.8, 4) is 0 Å². The highest BCUT2D eigenvalue weighted by molar-refractivity contribution is 5.79. The first-order chi connectivity index (χ1) is 15.2. The number of benzene rings is 1. The van der Waals surface area contributed by atoms with E-state index in [1.807, 2.05) is 22.8 Å². The van der Waals surface area contributed by atoms with Gasteiger partial charge in [0, 0.05) is 48.0 Å². The van der Waals surface area contributed by atoms with Crippen LogP contribution in [0.5, 0.6) is 0 Å². The van der Waals surface area contributed by atoms with Gasteiger partial charge in [-0.3, -0.25) is 4.98 Å². The first-order valence-corrected chi connectivity index (χ1v) is 11.1. The fourth-order valence-electron chi connectivity index (χ4n) is 4.31. The van der Waals surface area contributed by atoms with Gasteiger partial charge in [0.1, 0.15) is 5.82 Å². The lowest BCUT2D eigenvalue weighted by Gasteiger charge is -2.27. The zero-order valence-electron chi connectivity index (χ0n) is 18.0. The molecule has 1 aliphatic rings. The molecule has 1 saturated carbocycles. The van der Waals surface area contributed by atoms with Crippen LogP contribution in [0.4, 0.5) is 4.39 Å². The van der Waals surface area contributed by atoms with Gasteiger partial charge in [0.15, 0.2) is 0 Å². The molecule has 1 atom stereocenters. The number of pyridine rings is 2. The molecule has 4 aromatic rings. The predicted molar refractivity (Wildman–Crippen MR) is 123 cm³/mol. The molecule has 5 nitrogen and oxygen atoms in total. The summed E-state index contributed by atoms with van der Waals surface area (Å²) in [5.41, 5.74) is 9.00. The van der Waals surface area contributed by atoms with Gasteiger partial charge in [-0.1, -0.05) is 31.4 Å². The Morgan fingerprint density at radius 2 is 1.94 bits per heavy atom. The lowest BCUT2D eigenvalue weighted by atomic mass is 9.94. The molecular formula is C25H30FN5. The van der Waals surface area contributed by atoms with Crippen molar-refractivity contribution < 1.29 is 4.39 Å². The van der Waals surface area contributed by atoms with E-state index in [4.69, 9.17) is 5.73 Å². The van der Waals surface area contributed by atoms with Crippen LogP contribution in [0.2, 0.25) is 0 Å². The van der Waals surface area contributed by atoms with E-state index >= 15 is 0 Å². The largest absolute Gasteiger partial charge is 0.326 e. The van der Waals surface area contributed by atoms with Gasteiger partial charge < -0.3 is 11.1 Å². The van der Waals surface area contributed by atoms with E-state index in [1.54, 1.807) is 12.3 Å². The Balaban J connectivity index is 0.000000158. The molecule has 0 bridgehead atoms. The van der Waals surface area contributed by atoms with Crippen molar-refractivity contribution in [1.29, 1.82) is 0 Å². The van der Waals surface area contributed by atoms with E-state index in [0.29, 0.717) is 23.2 Å². The van der Waals surface area contributed by atoms with Crippen molar-refractivity contribution >= 4 is 16.4 Å². The van der Waals surface area contributed by atoms with E-state index < -0.39 is 0 Å². The summed E-state index contributed by atoms with van der Waals surface area (Å²) in [7, 11) is 0. The smallest absolute Gasteiger partial charge is 0.129 e. The molecule has 1 unspecified atom stereocenters. The molecule has 0 aliphatic heterocycles. The van der Waals surface area contributed by atoms with Crippen LogP contribution in [0.25, 0.3) is 16.4 Å². The Labute approximate surface area is 182 Å². The van der Waals surface area contributed by atoms with Gasteiger partial charge in [0.25, 0.3) is 0 Å². The zero-order chi connectivity index (χ0) is 21.6. The van der Waals surface area contributed by atoms with Gasteiger partial charge in [-0.25, -0.2) is 8.91 Å². The average molecular weight is 420 g/mol. The standard InChI is InChI=1S/C15H21N3.C10H9FN2/c1-12(17-13-6-3-2-4-7-13)15-9-5-8-14-10-11-16-18(14)15;11-9-5-10-7(2-1-3-13-10)4-8(9)6-12/h5,8-13,17H,2-4,6-7H2,1H3;1-5H,6,12H2. The molecular weight excluding hydrogens is 389 g/mol. The third-order valence-electron chi connectivity index (χ3n) is 5.98. The lowest BCUT2D eigenvalue weighted by Crippen LogP contribution is -2.34. The number of nitrogens with zero attached hydrogens (tertiary/aromatic N) is 3. The molecule has 162 valence electrons. The molecule has 5 rings (SSSR count). The van der Waals surface area contributed by atoms with Gasteiger partial charge in [0.2, 0.25) is 0 Å². The fourth-order valence-corrected chi connectivity index (χ4v) is 4.31. The molecule has 0 saturated heterocycles. The number of nitrogens with one attached hydrogen (secondary N) is 1. The first kappa shape index (κ1) is 21.4. The molecule has 3 heterocycles. The topological polar surface area (TPSA) is 68.2 Å². The number of aromatic nitrogens is 3.